The minimum Gasteiger partial charge on any atom is -0.508 e. The third kappa shape index (κ3) is 2.83. The van der Waals surface area contributed by atoms with Gasteiger partial charge in [-0.05, 0) is 18.2 Å². The largest absolute Gasteiger partial charge is 0.508 e. The number of hydrogen-bond acceptors (Lipinski definition) is 6. The highest BCUT2D eigenvalue weighted by atomic mass is 16.6. The molecule has 0 fully saturated rings. The van der Waals surface area contributed by atoms with Crippen molar-refractivity contribution in [2.75, 3.05) is 0 Å². The normalized spacial score (nSPS) is 10.0. The van der Waals surface area contributed by atoms with Crippen molar-refractivity contribution in [3.05, 3.63) is 58.1 Å². The van der Waals surface area contributed by atoms with Gasteiger partial charge in [-0.3, -0.25) is 10.1 Å². The van der Waals surface area contributed by atoms with Crippen LogP contribution in [0.5, 0.6) is 17.2 Å². The van der Waals surface area contributed by atoms with Crippen LogP contribution in [0.1, 0.15) is 10.4 Å². The Bertz CT molecular complexity index is 682. The number of carbonyl (C=O) groups is 1. The standard InChI is InChI=1S/C13H9NO6/c15-10-4-5-12(11(16)7-10)20-13(17)8-2-1-3-9(6-8)14(18)19/h1-7,15-16H. The van der Waals surface area contributed by atoms with E-state index in [1.807, 2.05) is 0 Å². The maximum Gasteiger partial charge on any atom is 0.343 e. The number of hydrogen-bond donors (Lipinski definition) is 2. The molecule has 7 heteroatoms. The highest BCUT2D eigenvalue weighted by Gasteiger charge is 2.15. The van der Waals surface area contributed by atoms with Crippen LogP contribution in [0.25, 0.3) is 0 Å². The van der Waals surface area contributed by atoms with Gasteiger partial charge in [0.15, 0.2) is 11.5 Å². The summed E-state index contributed by atoms with van der Waals surface area (Å²) in [7, 11) is 0. The van der Waals surface area contributed by atoms with Crippen LogP contribution < -0.4 is 4.74 Å². The first kappa shape index (κ1) is 13.3. The van der Waals surface area contributed by atoms with Gasteiger partial charge < -0.3 is 14.9 Å². The van der Waals surface area contributed by atoms with Crippen molar-refractivity contribution in [3.8, 4) is 17.2 Å². The number of esters is 1. The van der Waals surface area contributed by atoms with E-state index >= 15 is 0 Å². The molecule has 2 rings (SSSR count). The summed E-state index contributed by atoms with van der Waals surface area (Å²) in [5.41, 5.74) is -0.263. The zero-order valence-electron chi connectivity index (χ0n) is 10.0. The molecule has 0 radical (unpaired) electrons. The summed E-state index contributed by atoms with van der Waals surface area (Å²) in [4.78, 5) is 21.8. The molecule has 0 bridgehead atoms. The zero-order chi connectivity index (χ0) is 14.7. The first-order valence-corrected chi connectivity index (χ1v) is 5.46. The van der Waals surface area contributed by atoms with E-state index in [-0.39, 0.29) is 22.7 Å². The fourth-order valence-corrected chi connectivity index (χ4v) is 1.50. The van der Waals surface area contributed by atoms with Gasteiger partial charge in [0, 0.05) is 18.2 Å². The number of phenolic OH excluding ortho intramolecular Hbond substituents is 2. The lowest BCUT2D eigenvalue weighted by Crippen LogP contribution is -2.08. The number of rotatable bonds is 3. The second-order valence-electron chi connectivity index (χ2n) is 3.85. The minimum absolute atomic E-state index is 0.0216. The molecule has 7 nitrogen and oxygen atoms in total. The molecule has 0 aliphatic heterocycles. The Balaban J connectivity index is 2.24. The Labute approximate surface area is 112 Å². The fraction of sp³-hybridized carbons (Fsp3) is 0. The SMILES string of the molecule is O=C(Oc1ccc(O)cc1O)c1cccc([N+](=O)[O-])c1. The van der Waals surface area contributed by atoms with Crippen LogP contribution in [0.4, 0.5) is 5.69 Å². The van der Waals surface area contributed by atoms with Crippen molar-refractivity contribution in [2.45, 2.75) is 0 Å². The highest BCUT2D eigenvalue weighted by molar-refractivity contribution is 5.92. The van der Waals surface area contributed by atoms with Crippen LogP contribution in [0.2, 0.25) is 0 Å². The summed E-state index contributed by atoms with van der Waals surface area (Å²) in [5.74, 6) is -1.60. The molecule has 0 saturated heterocycles. The third-order valence-electron chi connectivity index (χ3n) is 2.44. The quantitative estimate of drug-likeness (QED) is 0.384. The summed E-state index contributed by atoms with van der Waals surface area (Å²) in [6.45, 7) is 0. The number of ether oxygens (including phenoxy) is 1. The minimum atomic E-state index is -0.852. The number of nitro benzene ring substituents is 1. The van der Waals surface area contributed by atoms with Gasteiger partial charge in [-0.2, -0.15) is 0 Å². The smallest absolute Gasteiger partial charge is 0.343 e. The number of non-ortho nitro benzene ring substituents is 1. The second-order valence-corrected chi connectivity index (χ2v) is 3.85. The van der Waals surface area contributed by atoms with E-state index in [0.717, 1.165) is 12.1 Å². The average molecular weight is 275 g/mol. The van der Waals surface area contributed by atoms with Gasteiger partial charge in [0.1, 0.15) is 5.75 Å². The van der Waals surface area contributed by atoms with Gasteiger partial charge in [-0.1, -0.05) is 6.07 Å². The zero-order valence-corrected chi connectivity index (χ0v) is 10.0. The molecule has 0 unspecified atom stereocenters. The van der Waals surface area contributed by atoms with E-state index in [4.69, 9.17) is 9.84 Å². The van der Waals surface area contributed by atoms with E-state index in [1.165, 1.54) is 30.3 Å². The molecule has 20 heavy (non-hydrogen) atoms. The molecule has 0 atom stereocenters. The summed E-state index contributed by atoms with van der Waals surface area (Å²) in [6, 6.07) is 8.47. The lowest BCUT2D eigenvalue weighted by molar-refractivity contribution is -0.384. The molecule has 0 aliphatic rings. The number of benzene rings is 2. The molecule has 2 aromatic carbocycles. The summed E-state index contributed by atoms with van der Waals surface area (Å²) < 4.78 is 4.90. The topological polar surface area (TPSA) is 110 Å². The summed E-state index contributed by atoms with van der Waals surface area (Å²) in [5, 5.41) is 29.2. The maximum absolute atomic E-state index is 11.8. The van der Waals surface area contributed by atoms with Crippen molar-refractivity contribution in [2.24, 2.45) is 0 Å². The molecule has 0 heterocycles. The average Bonchev–Trinajstić information content (AvgIpc) is 2.42. The molecule has 0 aliphatic carbocycles. The number of nitrogens with zero attached hydrogens (tertiary/aromatic N) is 1. The number of phenols is 2. The van der Waals surface area contributed by atoms with Crippen LogP contribution >= 0.6 is 0 Å². The monoisotopic (exact) mass is 275 g/mol. The van der Waals surface area contributed by atoms with Crippen molar-refractivity contribution in [1.82, 2.24) is 0 Å². The highest BCUT2D eigenvalue weighted by Crippen LogP contribution is 2.30. The molecule has 0 aromatic heterocycles. The van der Waals surface area contributed by atoms with Crippen molar-refractivity contribution < 1.29 is 24.7 Å². The van der Waals surface area contributed by atoms with Gasteiger partial charge in [0.2, 0.25) is 0 Å². The predicted octanol–water partition coefficient (Wildman–Crippen LogP) is 2.23. The van der Waals surface area contributed by atoms with Crippen LogP contribution in [-0.2, 0) is 0 Å². The lowest BCUT2D eigenvalue weighted by Gasteiger charge is -2.06. The van der Waals surface area contributed by atoms with Crippen LogP contribution in [0, 0.1) is 10.1 Å². The van der Waals surface area contributed by atoms with Crippen LogP contribution in [0.15, 0.2) is 42.5 Å². The Kier molecular flexibility index (Phi) is 3.52. The molecule has 2 aromatic rings. The van der Waals surface area contributed by atoms with Crippen LogP contribution in [-0.4, -0.2) is 21.1 Å². The number of carbonyl (C=O) groups excluding carboxylic acids is 1. The molecule has 2 N–H and O–H groups in total. The van der Waals surface area contributed by atoms with Crippen LogP contribution in [0.3, 0.4) is 0 Å². The maximum atomic E-state index is 11.8. The molecule has 0 saturated carbocycles. The molecule has 102 valence electrons. The Morgan fingerprint density at radius 3 is 2.55 bits per heavy atom. The number of nitro groups is 1. The third-order valence-corrected chi connectivity index (χ3v) is 2.44. The second kappa shape index (κ2) is 5.27. The molecule has 0 spiro atoms. The Morgan fingerprint density at radius 2 is 1.90 bits per heavy atom. The van der Waals surface area contributed by atoms with Gasteiger partial charge in [0.25, 0.3) is 5.69 Å². The Morgan fingerprint density at radius 1 is 1.15 bits per heavy atom. The number of aromatic hydroxyl groups is 2. The molecule has 0 amide bonds. The van der Waals surface area contributed by atoms with Gasteiger partial charge in [0.05, 0.1) is 10.5 Å². The van der Waals surface area contributed by atoms with E-state index in [1.54, 1.807) is 0 Å². The summed E-state index contributed by atoms with van der Waals surface area (Å²) in [6.07, 6.45) is 0. The fourth-order valence-electron chi connectivity index (χ4n) is 1.50. The Hall–Kier alpha value is -3.09. The first-order valence-electron chi connectivity index (χ1n) is 5.46. The van der Waals surface area contributed by atoms with Crippen molar-refractivity contribution in [3.63, 3.8) is 0 Å². The van der Waals surface area contributed by atoms with Gasteiger partial charge in [-0.25, -0.2) is 4.79 Å². The molecular weight excluding hydrogens is 266 g/mol. The summed E-state index contributed by atoms with van der Waals surface area (Å²) >= 11 is 0. The van der Waals surface area contributed by atoms with Crippen molar-refractivity contribution >= 4 is 11.7 Å². The van der Waals surface area contributed by atoms with Crippen molar-refractivity contribution in [1.29, 1.82) is 0 Å². The van der Waals surface area contributed by atoms with Gasteiger partial charge in [-0.15, -0.1) is 0 Å². The lowest BCUT2D eigenvalue weighted by atomic mass is 10.2. The molecular formula is C13H9NO6. The van der Waals surface area contributed by atoms with E-state index in [9.17, 15) is 20.0 Å². The van der Waals surface area contributed by atoms with Gasteiger partial charge >= 0.3 is 5.97 Å². The first-order chi connectivity index (χ1) is 9.47. The van der Waals surface area contributed by atoms with E-state index < -0.39 is 16.6 Å². The predicted molar refractivity (Wildman–Crippen MR) is 67.8 cm³/mol. The van der Waals surface area contributed by atoms with E-state index in [2.05, 4.69) is 0 Å². The van der Waals surface area contributed by atoms with E-state index in [0.29, 0.717) is 0 Å².